The lowest BCUT2D eigenvalue weighted by atomic mass is 10.00. The molecular formula is C20H24N4O4. The number of hydrogen-bond donors (Lipinski definition) is 2. The molecule has 3 aliphatic rings. The van der Waals surface area contributed by atoms with Crippen LogP contribution in [0.25, 0.3) is 0 Å². The predicted molar refractivity (Wildman–Crippen MR) is 102 cm³/mol. The van der Waals surface area contributed by atoms with Gasteiger partial charge in [0.25, 0.3) is 11.8 Å². The largest absolute Gasteiger partial charge is 0.367 e. The Bertz CT molecular complexity index is 851. The third-order valence-electron chi connectivity index (χ3n) is 5.82. The number of hydrogen-bond acceptors (Lipinski definition) is 6. The van der Waals surface area contributed by atoms with Gasteiger partial charge >= 0.3 is 0 Å². The average Bonchev–Trinajstić information content (AvgIpc) is 2.93. The van der Waals surface area contributed by atoms with Crippen LogP contribution in [0.15, 0.2) is 18.2 Å². The van der Waals surface area contributed by atoms with Crippen molar-refractivity contribution in [2.45, 2.75) is 44.2 Å². The van der Waals surface area contributed by atoms with Crippen LogP contribution in [-0.2, 0) is 9.59 Å². The Morgan fingerprint density at radius 3 is 2.61 bits per heavy atom. The summed E-state index contributed by atoms with van der Waals surface area (Å²) in [5.41, 5.74) is 1.58. The third-order valence-corrected chi connectivity index (χ3v) is 5.82. The van der Waals surface area contributed by atoms with E-state index in [1.807, 2.05) is 13.1 Å². The first-order valence-corrected chi connectivity index (χ1v) is 9.78. The number of amides is 4. The molecule has 4 amide bonds. The van der Waals surface area contributed by atoms with Crippen LogP contribution in [0.4, 0.5) is 5.69 Å². The second-order valence-corrected chi connectivity index (χ2v) is 7.58. The zero-order chi connectivity index (χ0) is 19.8. The molecule has 8 heteroatoms. The Balaban J connectivity index is 1.62. The number of anilines is 1. The number of rotatable bonds is 4. The average molecular weight is 384 g/mol. The molecule has 148 valence electrons. The van der Waals surface area contributed by atoms with Crippen LogP contribution in [0.5, 0.6) is 0 Å². The molecule has 0 aliphatic carbocycles. The molecule has 2 fully saturated rings. The van der Waals surface area contributed by atoms with Crippen LogP contribution >= 0.6 is 0 Å². The predicted octanol–water partition coefficient (Wildman–Crippen LogP) is 0.666. The summed E-state index contributed by atoms with van der Waals surface area (Å²) in [6.07, 6.45) is 3.63. The summed E-state index contributed by atoms with van der Waals surface area (Å²) in [7, 11) is 1.93. The molecule has 1 unspecified atom stereocenters. The second kappa shape index (κ2) is 7.35. The highest BCUT2D eigenvalue weighted by Crippen LogP contribution is 2.32. The molecule has 2 atom stereocenters. The zero-order valence-electron chi connectivity index (χ0n) is 15.9. The van der Waals surface area contributed by atoms with Crippen molar-refractivity contribution in [3.8, 4) is 0 Å². The molecule has 4 rings (SSSR count). The fourth-order valence-electron chi connectivity index (χ4n) is 4.43. The highest BCUT2D eigenvalue weighted by atomic mass is 16.2. The van der Waals surface area contributed by atoms with Crippen molar-refractivity contribution in [2.75, 3.05) is 25.0 Å². The lowest BCUT2D eigenvalue weighted by Crippen LogP contribution is -2.54. The van der Waals surface area contributed by atoms with E-state index in [1.54, 1.807) is 12.1 Å². The standard InChI is InChI=1S/C20H24N4O4/c1-21-11-13-4-2-3-9-23(13)12-5-6-14-15(10-12)20(28)24(19(14)27)16-7-8-17(25)22-18(16)26/h5-6,10,13,16,21H,2-4,7-9,11H2,1H3,(H,22,25,26)/t13-,16?/m1/s1. The van der Waals surface area contributed by atoms with Gasteiger partial charge < -0.3 is 10.2 Å². The van der Waals surface area contributed by atoms with Gasteiger partial charge in [0.15, 0.2) is 0 Å². The summed E-state index contributed by atoms with van der Waals surface area (Å²) in [6, 6.07) is 4.75. The Hall–Kier alpha value is -2.74. The summed E-state index contributed by atoms with van der Waals surface area (Å²) in [4.78, 5) is 52.6. The van der Waals surface area contributed by atoms with Gasteiger partial charge in [-0.1, -0.05) is 0 Å². The number of nitrogens with zero attached hydrogens (tertiary/aromatic N) is 2. The van der Waals surface area contributed by atoms with Crippen molar-refractivity contribution >= 4 is 29.3 Å². The fraction of sp³-hybridized carbons (Fsp3) is 0.500. The molecule has 0 spiro atoms. The lowest BCUT2D eigenvalue weighted by molar-refractivity contribution is -0.136. The van der Waals surface area contributed by atoms with Crippen LogP contribution in [0.1, 0.15) is 52.8 Å². The summed E-state index contributed by atoms with van der Waals surface area (Å²) in [6.45, 7) is 1.76. The van der Waals surface area contributed by atoms with Crippen molar-refractivity contribution in [3.05, 3.63) is 29.3 Å². The van der Waals surface area contributed by atoms with Gasteiger partial charge in [0, 0.05) is 31.2 Å². The van der Waals surface area contributed by atoms with Crippen molar-refractivity contribution in [1.82, 2.24) is 15.5 Å². The highest BCUT2D eigenvalue weighted by Gasteiger charge is 2.44. The highest BCUT2D eigenvalue weighted by molar-refractivity contribution is 6.23. The number of likely N-dealkylation sites (N-methyl/N-ethyl adjacent to an activating group) is 1. The maximum atomic E-state index is 13.0. The molecule has 0 saturated carbocycles. The molecule has 3 heterocycles. The number of nitrogens with one attached hydrogen (secondary N) is 2. The first-order valence-electron chi connectivity index (χ1n) is 9.78. The molecule has 0 radical (unpaired) electrons. The van der Waals surface area contributed by atoms with E-state index in [0.29, 0.717) is 17.2 Å². The van der Waals surface area contributed by atoms with E-state index in [0.717, 1.165) is 36.5 Å². The third kappa shape index (κ3) is 3.07. The smallest absolute Gasteiger partial charge is 0.262 e. The number of piperidine rings is 2. The topological polar surface area (TPSA) is 98.8 Å². The maximum absolute atomic E-state index is 13.0. The fourth-order valence-corrected chi connectivity index (χ4v) is 4.43. The summed E-state index contributed by atoms with van der Waals surface area (Å²) < 4.78 is 0. The molecule has 0 aromatic heterocycles. The number of fused-ring (bicyclic) bond motifs is 1. The first kappa shape index (κ1) is 18.6. The van der Waals surface area contributed by atoms with E-state index < -0.39 is 23.8 Å². The Kier molecular flexibility index (Phi) is 4.89. The van der Waals surface area contributed by atoms with Gasteiger partial charge in [-0.2, -0.15) is 0 Å². The lowest BCUT2D eigenvalue weighted by Gasteiger charge is -2.37. The van der Waals surface area contributed by atoms with E-state index in [-0.39, 0.29) is 18.7 Å². The van der Waals surface area contributed by atoms with Gasteiger partial charge in [-0.25, -0.2) is 0 Å². The molecule has 0 bridgehead atoms. The monoisotopic (exact) mass is 384 g/mol. The molecule has 1 aromatic rings. The molecule has 8 nitrogen and oxygen atoms in total. The molecule has 2 saturated heterocycles. The normalized spacial score (nSPS) is 25.2. The molecular weight excluding hydrogens is 360 g/mol. The van der Waals surface area contributed by atoms with Crippen LogP contribution < -0.4 is 15.5 Å². The minimum Gasteiger partial charge on any atom is -0.367 e. The number of carbonyl (C=O) groups is 4. The minimum absolute atomic E-state index is 0.120. The summed E-state index contributed by atoms with van der Waals surface area (Å²) in [5.74, 6) is -1.89. The Morgan fingerprint density at radius 2 is 1.86 bits per heavy atom. The molecule has 2 N–H and O–H groups in total. The summed E-state index contributed by atoms with van der Waals surface area (Å²) >= 11 is 0. The van der Waals surface area contributed by atoms with Gasteiger partial charge in [0.1, 0.15) is 6.04 Å². The second-order valence-electron chi connectivity index (χ2n) is 7.58. The first-order chi connectivity index (χ1) is 13.5. The number of benzene rings is 1. The van der Waals surface area contributed by atoms with Gasteiger partial charge in [-0.05, 0) is 50.9 Å². The van der Waals surface area contributed by atoms with Crippen LogP contribution in [-0.4, -0.2) is 60.7 Å². The van der Waals surface area contributed by atoms with Gasteiger partial charge in [-0.15, -0.1) is 0 Å². The molecule has 3 aliphatic heterocycles. The van der Waals surface area contributed by atoms with Crippen LogP contribution in [0.2, 0.25) is 0 Å². The summed E-state index contributed by atoms with van der Waals surface area (Å²) in [5, 5.41) is 5.44. The van der Waals surface area contributed by atoms with E-state index >= 15 is 0 Å². The van der Waals surface area contributed by atoms with Crippen molar-refractivity contribution in [1.29, 1.82) is 0 Å². The van der Waals surface area contributed by atoms with Gasteiger partial charge in [-0.3, -0.25) is 29.4 Å². The van der Waals surface area contributed by atoms with Crippen molar-refractivity contribution < 1.29 is 19.2 Å². The number of carbonyl (C=O) groups excluding carboxylic acids is 4. The van der Waals surface area contributed by atoms with Crippen molar-refractivity contribution in [3.63, 3.8) is 0 Å². The maximum Gasteiger partial charge on any atom is 0.262 e. The minimum atomic E-state index is -0.930. The van der Waals surface area contributed by atoms with Crippen molar-refractivity contribution in [2.24, 2.45) is 0 Å². The number of imide groups is 2. The SMILES string of the molecule is CNC[C@H]1CCCCN1c1ccc2c(c1)C(=O)N(C1CCC(=O)NC1=O)C2=O. The quantitative estimate of drug-likeness (QED) is 0.741. The molecule has 28 heavy (non-hydrogen) atoms. The van der Waals surface area contributed by atoms with Crippen LogP contribution in [0.3, 0.4) is 0 Å². The Morgan fingerprint density at radius 1 is 1.07 bits per heavy atom. The van der Waals surface area contributed by atoms with E-state index in [4.69, 9.17) is 0 Å². The van der Waals surface area contributed by atoms with Crippen LogP contribution in [0, 0.1) is 0 Å². The Labute approximate surface area is 163 Å². The van der Waals surface area contributed by atoms with Gasteiger partial charge in [0.2, 0.25) is 11.8 Å². The van der Waals surface area contributed by atoms with E-state index in [2.05, 4.69) is 15.5 Å². The molecule has 1 aromatic carbocycles. The van der Waals surface area contributed by atoms with E-state index in [9.17, 15) is 19.2 Å². The van der Waals surface area contributed by atoms with E-state index in [1.165, 1.54) is 6.42 Å². The van der Waals surface area contributed by atoms with Gasteiger partial charge in [0.05, 0.1) is 11.1 Å². The zero-order valence-corrected chi connectivity index (χ0v) is 15.9.